The Labute approximate surface area is 107 Å². The molecule has 0 aliphatic heterocycles. The van der Waals surface area contributed by atoms with E-state index < -0.39 is 0 Å². The van der Waals surface area contributed by atoms with Gasteiger partial charge in [-0.3, -0.25) is 4.79 Å². The van der Waals surface area contributed by atoms with Crippen LogP contribution in [0, 0.1) is 0 Å². The molecule has 0 bridgehead atoms. The fraction of sp³-hybridized carbons (Fsp3) is 0.643. The fourth-order valence-corrected chi connectivity index (χ4v) is 3.36. The molecule has 0 unspecified atom stereocenters. The molecule has 2 rings (SSSR count). The normalized spacial score (nSPS) is 15.4. The molecule has 1 heterocycles. The summed E-state index contributed by atoms with van der Waals surface area (Å²) in [6, 6.07) is 2.10. The summed E-state index contributed by atoms with van der Waals surface area (Å²) in [7, 11) is 0. The molecule has 3 heteroatoms. The van der Waals surface area contributed by atoms with Crippen LogP contribution in [0.2, 0.25) is 0 Å². The first kappa shape index (κ1) is 12.8. The van der Waals surface area contributed by atoms with E-state index in [1.165, 1.54) is 29.7 Å². The van der Waals surface area contributed by atoms with Crippen molar-refractivity contribution < 1.29 is 9.53 Å². The van der Waals surface area contributed by atoms with Crippen LogP contribution >= 0.6 is 11.3 Å². The minimum atomic E-state index is 0.150. The Morgan fingerprint density at radius 3 is 3.00 bits per heavy atom. The highest BCUT2D eigenvalue weighted by Gasteiger charge is 2.16. The molecule has 0 atom stereocenters. The van der Waals surface area contributed by atoms with Gasteiger partial charge in [0.25, 0.3) is 0 Å². The molecule has 0 amide bonds. The number of carbonyl (C=O) groups excluding carboxylic acids is 1. The molecule has 1 aromatic heterocycles. The van der Waals surface area contributed by atoms with Crippen molar-refractivity contribution in [1.82, 2.24) is 0 Å². The van der Waals surface area contributed by atoms with E-state index in [2.05, 4.69) is 13.0 Å². The Morgan fingerprint density at radius 1 is 1.35 bits per heavy atom. The molecule has 1 aliphatic rings. The molecule has 0 N–H and O–H groups in total. The SMILES string of the molecule is CCCOCC(=O)c1cc2c(s1)CCCCC2. The summed E-state index contributed by atoms with van der Waals surface area (Å²) in [5, 5.41) is 0. The third-order valence-electron chi connectivity index (χ3n) is 3.10. The lowest BCUT2D eigenvalue weighted by molar-refractivity contribution is 0.0765. The summed E-state index contributed by atoms with van der Waals surface area (Å²) in [4.78, 5) is 14.2. The number of hydrogen-bond donors (Lipinski definition) is 0. The third-order valence-corrected chi connectivity index (χ3v) is 4.38. The maximum absolute atomic E-state index is 11.9. The number of carbonyl (C=O) groups is 1. The zero-order valence-electron chi connectivity index (χ0n) is 10.5. The average molecular weight is 252 g/mol. The molecule has 0 fully saturated rings. The van der Waals surface area contributed by atoms with Gasteiger partial charge in [0.05, 0.1) is 4.88 Å². The van der Waals surface area contributed by atoms with Crippen LogP contribution in [0.1, 0.15) is 52.7 Å². The highest BCUT2D eigenvalue weighted by atomic mass is 32.1. The highest BCUT2D eigenvalue weighted by Crippen LogP contribution is 2.29. The molecule has 1 aromatic rings. The Hall–Kier alpha value is -0.670. The first-order valence-corrected chi connectivity index (χ1v) is 7.35. The van der Waals surface area contributed by atoms with Gasteiger partial charge in [-0.15, -0.1) is 11.3 Å². The lowest BCUT2D eigenvalue weighted by Crippen LogP contribution is -2.07. The van der Waals surface area contributed by atoms with Crippen molar-refractivity contribution in [3.8, 4) is 0 Å². The number of rotatable bonds is 5. The van der Waals surface area contributed by atoms with Crippen molar-refractivity contribution in [2.45, 2.75) is 45.4 Å². The third kappa shape index (κ3) is 3.39. The van der Waals surface area contributed by atoms with Gasteiger partial charge in [-0.1, -0.05) is 13.3 Å². The van der Waals surface area contributed by atoms with Gasteiger partial charge < -0.3 is 4.74 Å². The molecule has 94 valence electrons. The maximum Gasteiger partial charge on any atom is 0.198 e. The Morgan fingerprint density at radius 2 is 2.18 bits per heavy atom. The molecule has 1 aliphatic carbocycles. The van der Waals surface area contributed by atoms with Crippen LogP contribution in [0.4, 0.5) is 0 Å². The second-order valence-electron chi connectivity index (χ2n) is 4.60. The molecule has 0 aromatic carbocycles. The number of ether oxygens (including phenoxy) is 1. The van der Waals surface area contributed by atoms with Gasteiger partial charge in [-0.05, 0) is 43.7 Å². The average Bonchev–Trinajstić information content (AvgIpc) is 2.61. The number of fused-ring (bicyclic) bond motifs is 1. The van der Waals surface area contributed by atoms with Gasteiger partial charge in [0.1, 0.15) is 6.61 Å². The fourth-order valence-electron chi connectivity index (χ4n) is 2.19. The summed E-state index contributed by atoms with van der Waals surface area (Å²) in [5.74, 6) is 0.150. The summed E-state index contributed by atoms with van der Waals surface area (Å²) in [6.07, 6.45) is 7.13. The molecular weight excluding hydrogens is 232 g/mol. The molecule has 0 spiro atoms. The predicted octanol–water partition coefficient (Wildman–Crippen LogP) is 3.63. The Kier molecular flexibility index (Phi) is 4.75. The summed E-state index contributed by atoms with van der Waals surface area (Å²) in [6.45, 7) is 2.97. The van der Waals surface area contributed by atoms with Gasteiger partial charge in [-0.2, -0.15) is 0 Å². The Bertz CT molecular complexity index is 358. The van der Waals surface area contributed by atoms with Crippen molar-refractivity contribution in [2.75, 3.05) is 13.2 Å². The minimum Gasteiger partial charge on any atom is -0.373 e. The van der Waals surface area contributed by atoms with Crippen molar-refractivity contribution in [3.63, 3.8) is 0 Å². The Balaban J connectivity index is 1.99. The summed E-state index contributed by atoms with van der Waals surface area (Å²) in [5.41, 5.74) is 1.41. The van der Waals surface area contributed by atoms with Crippen molar-refractivity contribution >= 4 is 17.1 Å². The van der Waals surface area contributed by atoms with E-state index in [-0.39, 0.29) is 12.4 Å². The van der Waals surface area contributed by atoms with Gasteiger partial charge in [0.15, 0.2) is 5.78 Å². The topological polar surface area (TPSA) is 26.3 Å². The smallest absolute Gasteiger partial charge is 0.198 e. The number of thiophene rings is 1. The zero-order chi connectivity index (χ0) is 12.1. The number of aryl methyl sites for hydroxylation is 2. The molecular formula is C14H20O2S. The summed E-state index contributed by atoms with van der Waals surface area (Å²) < 4.78 is 5.31. The van der Waals surface area contributed by atoms with Crippen molar-refractivity contribution in [1.29, 1.82) is 0 Å². The van der Waals surface area contributed by atoms with E-state index in [9.17, 15) is 4.79 Å². The lowest BCUT2D eigenvalue weighted by atomic mass is 10.1. The monoisotopic (exact) mass is 252 g/mol. The first-order valence-electron chi connectivity index (χ1n) is 6.53. The standard InChI is InChI=1S/C14H20O2S/c1-2-8-16-10-12(15)14-9-11-6-4-3-5-7-13(11)17-14/h9H,2-8,10H2,1H3. The van der Waals surface area contributed by atoms with Crippen LogP contribution in [-0.2, 0) is 17.6 Å². The van der Waals surface area contributed by atoms with E-state index in [1.807, 2.05) is 0 Å². The van der Waals surface area contributed by atoms with Gasteiger partial charge in [0.2, 0.25) is 0 Å². The van der Waals surface area contributed by atoms with Crippen molar-refractivity contribution in [3.05, 3.63) is 21.4 Å². The van der Waals surface area contributed by atoms with E-state index >= 15 is 0 Å². The number of hydrogen-bond acceptors (Lipinski definition) is 3. The van der Waals surface area contributed by atoms with Crippen LogP contribution in [0.5, 0.6) is 0 Å². The molecule has 0 saturated heterocycles. The number of ketones is 1. The molecule has 0 radical (unpaired) electrons. The maximum atomic E-state index is 11.9. The van der Waals surface area contributed by atoms with Gasteiger partial charge in [-0.25, -0.2) is 0 Å². The predicted molar refractivity (Wildman–Crippen MR) is 71.0 cm³/mol. The highest BCUT2D eigenvalue weighted by molar-refractivity contribution is 7.14. The van der Waals surface area contributed by atoms with Gasteiger partial charge in [0, 0.05) is 11.5 Å². The molecule has 2 nitrogen and oxygen atoms in total. The van der Waals surface area contributed by atoms with Crippen LogP contribution in [0.3, 0.4) is 0 Å². The number of Topliss-reactive ketones (excluding diaryl/α,β-unsaturated/α-hetero) is 1. The zero-order valence-corrected chi connectivity index (χ0v) is 11.3. The van der Waals surface area contributed by atoms with E-state index in [0.717, 1.165) is 24.1 Å². The summed E-state index contributed by atoms with van der Waals surface area (Å²) >= 11 is 1.69. The lowest BCUT2D eigenvalue weighted by Gasteiger charge is -1.99. The van der Waals surface area contributed by atoms with Crippen LogP contribution in [-0.4, -0.2) is 19.0 Å². The minimum absolute atomic E-state index is 0.150. The van der Waals surface area contributed by atoms with Crippen LogP contribution in [0.15, 0.2) is 6.07 Å². The van der Waals surface area contributed by atoms with Gasteiger partial charge >= 0.3 is 0 Å². The molecule has 17 heavy (non-hydrogen) atoms. The van der Waals surface area contributed by atoms with Crippen LogP contribution < -0.4 is 0 Å². The van der Waals surface area contributed by atoms with E-state index in [4.69, 9.17) is 4.74 Å². The van der Waals surface area contributed by atoms with E-state index in [0.29, 0.717) is 6.61 Å². The molecule has 0 saturated carbocycles. The first-order chi connectivity index (χ1) is 8.31. The van der Waals surface area contributed by atoms with Crippen molar-refractivity contribution in [2.24, 2.45) is 0 Å². The second-order valence-corrected chi connectivity index (χ2v) is 5.73. The largest absolute Gasteiger partial charge is 0.373 e. The quantitative estimate of drug-likeness (QED) is 0.454. The van der Waals surface area contributed by atoms with E-state index in [1.54, 1.807) is 11.3 Å². The second kappa shape index (κ2) is 6.31. The van der Waals surface area contributed by atoms with Crippen LogP contribution in [0.25, 0.3) is 0 Å².